The van der Waals surface area contributed by atoms with Crippen LogP contribution in [-0.4, -0.2) is 56.2 Å². The van der Waals surface area contributed by atoms with Crippen LogP contribution in [0.25, 0.3) is 0 Å². The largest absolute Gasteiger partial charge is 0.438 e. The van der Waals surface area contributed by atoms with E-state index in [1.165, 1.54) is 11.3 Å². The van der Waals surface area contributed by atoms with E-state index in [4.69, 9.17) is 4.42 Å². The number of nitrogens with zero attached hydrogens (tertiary/aromatic N) is 4. The molecule has 4 heterocycles. The number of rotatable bonds is 7. The lowest BCUT2D eigenvalue weighted by molar-refractivity contribution is -0.134. The van der Waals surface area contributed by atoms with Gasteiger partial charge in [-0.3, -0.25) is 19.5 Å². The highest BCUT2D eigenvalue weighted by molar-refractivity contribution is 6.07. The third-order valence-corrected chi connectivity index (χ3v) is 6.78. The molecule has 2 aliphatic rings. The van der Waals surface area contributed by atoms with Gasteiger partial charge in [0.1, 0.15) is 5.54 Å². The summed E-state index contributed by atoms with van der Waals surface area (Å²) in [5.74, 6) is 0.233. The van der Waals surface area contributed by atoms with Crippen LogP contribution in [-0.2, 0) is 11.3 Å². The van der Waals surface area contributed by atoms with Crippen LogP contribution in [0.4, 0.5) is 4.79 Å². The van der Waals surface area contributed by atoms with Crippen molar-refractivity contribution in [2.24, 2.45) is 11.8 Å². The van der Waals surface area contributed by atoms with Crippen molar-refractivity contribution in [3.8, 4) is 0 Å². The Labute approximate surface area is 193 Å². The minimum absolute atomic E-state index is 0.0543. The maximum atomic E-state index is 13.7. The second-order valence-electron chi connectivity index (χ2n) is 9.38. The maximum Gasteiger partial charge on any atom is 0.325 e. The fraction of sp³-hybridized carbons (Fsp3) is 0.542. The van der Waals surface area contributed by atoms with E-state index in [1.807, 2.05) is 12.1 Å². The minimum atomic E-state index is -0.951. The monoisotopic (exact) mass is 453 g/mol. The first-order valence-electron chi connectivity index (χ1n) is 11.5. The Morgan fingerprint density at radius 2 is 2.00 bits per heavy atom. The number of hydrogen-bond acceptors (Lipinski definition) is 6. The van der Waals surface area contributed by atoms with Crippen molar-refractivity contribution < 1.29 is 18.8 Å². The van der Waals surface area contributed by atoms with Crippen molar-refractivity contribution in [3.05, 3.63) is 47.9 Å². The van der Waals surface area contributed by atoms with Gasteiger partial charge in [-0.25, -0.2) is 9.78 Å². The van der Waals surface area contributed by atoms with Crippen LogP contribution in [0, 0.1) is 18.8 Å². The molecule has 9 nitrogen and oxygen atoms in total. The van der Waals surface area contributed by atoms with Gasteiger partial charge in [0.05, 0.1) is 17.9 Å². The van der Waals surface area contributed by atoms with E-state index < -0.39 is 5.54 Å². The number of aromatic nitrogens is 2. The predicted octanol–water partition coefficient (Wildman–Crippen LogP) is 3.16. The molecule has 2 aliphatic heterocycles. The van der Waals surface area contributed by atoms with Gasteiger partial charge >= 0.3 is 6.03 Å². The minimum Gasteiger partial charge on any atom is -0.438 e. The molecule has 0 aliphatic carbocycles. The summed E-state index contributed by atoms with van der Waals surface area (Å²) in [6.07, 6.45) is 5.58. The lowest BCUT2D eigenvalue weighted by Crippen LogP contribution is -2.56. The fourth-order valence-corrected chi connectivity index (χ4v) is 4.83. The van der Waals surface area contributed by atoms with Crippen molar-refractivity contribution in [2.75, 3.05) is 13.1 Å². The van der Waals surface area contributed by atoms with Crippen LogP contribution < -0.4 is 5.32 Å². The Hall–Kier alpha value is -3.23. The van der Waals surface area contributed by atoms with E-state index >= 15 is 0 Å². The average molecular weight is 454 g/mol. The molecule has 2 fully saturated rings. The van der Waals surface area contributed by atoms with E-state index in [1.54, 1.807) is 24.1 Å². The maximum absolute atomic E-state index is 13.7. The number of pyridine rings is 1. The highest BCUT2D eigenvalue weighted by atomic mass is 16.3. The molecule has 0 aromatic carbocycles. The number of carbonyl (C=O) groups excluding carboxylic acids is 3. The Balaban J connectivity index is 1.51. The molecule has 0 spiro atoms. The summed E-state index contributed by atoms with van der Waals surface area (Å²) in [5.41, 5.74) is 0.287. The summed E-state index contributed by atoms with van der Waals surface area (Å²) in [6, 6.07) is 5.09. The van der Waals surface area contributed by atoms with Crippen LogP contribution in [0.2, 0.25) is 0 Å². The smallest absolute Gasteiger partial charge is 0.325 e. The summed E-state index contributed by atoms with van der Waals surface area (Å²) < 4.78 is 5.27. The molecular formula is C24H31N5O4. The van der Waals surface area contributed by atoms with Gasteiger partial charge in [0.15, 0.2) is 6.39 Å². The van der Waals surface area contributed by atoms with Crippen molar-refractivity contribution in [3.63, 3.8) is 0 Å². The zero-order chi connectivity index (χ0) is 23.6. The standard InChI is InChI=1S/C24H31N5O4/c1-16(2)7-10-24(22(31)29(23(32)27-24)14-19-6-4-5-11-25-19)18-8-12-28(13-9-18)21(30)20-17(3)26-15-33-20/h4-6,11,15-16,18H,7-10,12-14H2,1-3H3,(H,27,32)/t24-/m0/s1. The van der Waals surface area contributed by atoms with Crippen molar-refractivity contribution in [1.82, 2.24) is 25.1 Å². The number of imide groups is 1. The molecule has 0 saturated carbocycles. The topological polar surface area (TPSA) is 109 Å². The summed E-state index contributed by atoms with van der Waals surface area (Å²) in [4.78, 5) is 50.8. The molecule has 0 bridgehead atoms. The number of amides is 4. The Morgan fingerprint density at radius 1 is 1.24 bits per heavy atom. The second kappa shape index (κ2) is 9.33. The van der Waals surface area contributed by atoms with Crippen molar-refractivity contribution in [2.45, 2.75) is 58.5 Å². The lowest BCUT2D eigenvalue weighted by atomic mass is 9.73. The molecule has 4 amide bonds. The van der Waals surface area contributed by atoms with Crippen LogP contribution in [0.1, 0.15) is 61.5 Å². The first-order chi connectivity index (χ1) is 15.8. The third-order valence-electron chi connectivity index (χ3n) is 6.78. The zero-order valence-corrected chi connectivity index (χ0v) is 19.4. The van der Waals surface area contributed by atoms with Gasteiger partial charge in [-0.1, -0.05) is 19.9 Å². The van der Waals surface area contributed by atoms with Gasteiger partial charge < -0.3 is 14.6 Å². The van der Waals surface area contributed by atoms with Crippen LogP contribution in [0.5, 0.6) is 0 Å². The van der Waals surface area contributed by atoms with Gasteiger partial charge in [0.25, 0.3) is 11.8 Å². The van der Waals surface area contributed by atoms with Crippen molar-refractivity contribution >= 4 is 17.8 Å². The molecule has 4 rings (SSSR count). The van der Waals surface area contributed by atoms with Crippen LogP contribution in [0.3, 0.4) is 0 Å². The number of likely N-dealkylation sites (tertiary alicyclic amines) is 1. The molecule has 33 heavy (non-hydrogen) atoms. The summed E-state index contributed by atoms with van der Waals surface area (Å²) in [5, 5.41) is 3.07. The first-order valence-corrected chi connectivity index (χ1v) is 11.5. The zero-order valence-electron chi connectivity index (χ0n) is 19.4. The lowest BCUT2D eigenvalue weighted by Gasteiger charge is -2.41. The van der Waals surface area contributed by atoms with Gasteiger partial charge in [0, 0.05) is 19.3 Å². The van der Waals surface area contributed by atoms with Crippen LogP contribution in [0.15, 0.2) is 35.2 Å². The molecule has 1 N–H and O–H groups in total. The van der Waals surface area contributed by atoms with E-state index in [0.29, 0.717) is 49.7 Å². The molecule has 0 radical (unpaired) electrons. The molecular weight excluding hydrogens is 422 g/mol. The molecule has 1 atom stereocenters. The van der Waals surface area contributed by atoms with Gasteiger partial charge in [-0.05, 0) is 56.6 Å². The Bertz CT molecular complexity index is 1010. The number of piperidine rings is 1. The second-order valence-corrected chi connectivity index (χ2v) is 9.38. The molecule has 2 saturated heterocycles. The quantitative estimate of drug-likeness (QED) is 0.645. The Kier molecular flexibility index (Phi) is 6.49. The van der Waals surface area contributed by atoms with E-state index in [9.17, 15) is 14.4 Å². The highest BCUT2D eigenvalue weighted by Gasteiger charge is 2.55. The molecule has 0 unspecified atom stereocenters. The van der Waals surface area contributed by atoms with E-state index in [0.717, 1.165) is 6.42 Å². The molecule has 9 heteroatoms. The number of nitrogens with one attached hydrogen (secondary N) is 1. The normalized spacial score (nSPS) is 21.7. The summed E-state index contributed by atoms with van der Waals surface area (Å²) in [7, 11) is 0. The van der Waals surface area contributed by atoms with Gasteiger partial charge in [0.2, 0.25) is 5.76 Å². The van der Waals surface area contributed by atoms with Gasteiger partial charge in [-0.15, -0.1) is 0 Å². The summed E-state index contributed by atoms with van der Waals surface area (Å²) in [6.45, 7) is 7.11. The Morgan fingerprint density at radius 3 is 2.61 bits per heavy atom. The first kappa shape index (κ1) is 22.9. The number of aryl methyl sites for hydroxylation is 1. The SMILES string of the molecule is Cc1ncoc1C(=O)N1CCC([C@]2(CCC(C)C)NC(=O)N(Cc3ccccn3)C2=O)CC1. The molecule has 176 valence electrons. The average Bonchev–Trinajstić information content (AvgIpc) is 3.35. The van der Waals surface area contributed by atoms with E-state index in [2.05, 4.69) is 29.1 Å². The fourth-order valence-electron chi connectivity index (χ4n) is 4.83. The molecule has 2 aromatic rings. The number of carbonyl (C=O) groups is 3. The third kappa shape index (κ3) is 4.49. The summed E-state index contributed by atoms with van der Waals surface area (Å²) >= 11 is 0. The predicted molar refractivity (Wildman–Crippen MR) is 120 cm³/mol. The van der Waals surface area contributed by atoms with Crippen LogP contribution >= 0.6 is 0 Å². The highest BCUT2D eigenvalue weighted by Crippen LogP contribution is 2.38. The molecule has 2 aromatic heterocycles. The number of urea groups is 1. The number of hydrogen-bond donors (Lipinski definition) is 1. The van der Waals surface area contributed by atoms with Gasteiger partial charge in [-0.2, -0.15) is 0 Å². The van der Waals surface area contributed by atoms with E-state index in [-0.39, 0.29) is 36.1 Å². The van der Waals surface area contributed by atoms with Crippen molar-refractivity contribution in [1.29, 1.82) is 0 Å². The number of oxazole rings is 1.